The highest BCUT2D eigenvalue weighted by atomic mass is 127. The molecule has 0 fully saturated rings. The lowest BCUT2D eigenvalue weighted by Gasteiger charge is -2.18. The van der Waals surface area contributed by atoms with Crippen LogP contribution in [0.25, 0.3) is 0 Å². The molecule has 0 aromatic heterocycles. The zero-order valence-corrected chi connectivity index (χ0v) is 29.3. The molecule has 0 aliphatic carbocycles. The van der Waals surface area contributed by atoms with E-state index < -0.39 is 15.2 Å². The standard InChI is InChI=1S/C10H13Cl2O3P.C8H9Cl2O3P.C6H3Cl2I/c1-3-14-16(13,15-4-2)10-6-5-8(11)7-9(10)12;1-2-13-14(11,12)8-4-3-6(9)5-7(8)10;7-4-1-2-6(9)5(8)3-4/h5-7H,3-4H2,1-2H3;3-5H,2H2,1H3,(H,11,12);1-3H. The minimum absolute atomic E-state index is 0.0745. The SMILES string of the molecule is CCOP(=O)(O)c1ccc(Cl)cc1Cl.CCOP(=O)(OCC)c1ccc(Cl)cc1Cl.Clc1ccc(I)c(Cl)c1. The number of rotatable bonds is 8. The van der Waals surface area contributed by atoms with Crippen molar-refractivity contribution in [2.24, 2.45) is 0 Å². The molecule has 1 unspecified atom stereocenters. The molecule has 1 N–H and O–H groups in total. The van der Waals surface area contributed by atoms with Gasteiger partial charge in [-0.05, 0) is 98.0 Å². The van der Waals surface area contributed by atoms with E-state index in [4.69, 9.17) is 83.2 Å². The Bertz CT molecular complexity index is 1320. The molecule has 1 atom stereocenters. The zero-order chi connectivity index (χ0) is 29.8. The lowest BCUT2D eigenvalue weighted by atomic mass is 10.4. The third-order valence-electron chi connectivity index (χ3n) is 4.20. The van der Waals surface area contributed by atoms with Gasteiger partial charge >= 0.3 is 15.2 Å². The molecule has 0 heterocycles. The van der Waals surface area contributed by atoms with E-state index in [9.17, 15) is 14.0 Å². The lowest BCUT2D eigenvalue weighted by Crippen LogP contribution is -2.11. The van der Waals surface area contributed by atoms with Crippen LogP contribution in [-0.2, 0) is 22.7 Å². The second-order valence-corrected chi connectivity index (χ2v) is 14.5. The first-order chi connectivity index (χ1) is 18.2. The molecule has 216 valence electrons. The average Bonchev–Trinajstić information content (AvgIpc) is 2.82. The fraction of sp³-hybridized carbons (Fsp3) is 0.250. The van der Waals surface area contributed by atoms with Crippen LogP contribution in [0.1, 0.15) is 20.8 Å². The topological polar surface area (TPSA) is 82.1 Å². The summed E-state index contributed by atoms with van der Waals surface area (Å²) >= 11 is 36.6. The highest BCUT2D eigenvalue weighted by Crippen LogP contribution is 2.48. The van der Waals surface area contributed by atoms with E-state index in [1.165, 1.54) is 24.3 Å². The number of hydrogen-bond donors (Lipinski definition) is 1. The summed E-state index contributed by atoms with van der Waals surface area (Å²) in [7, 11) is -7.11. The molecule has 0 saturated heterocycles. The third kappa shape index (κ3) is 12.7. The van der Waals surface area contributed by atoms with Gasteiger partial charge in [0, 0.05) is 18.6 Å². The predicted molar refractivity (Wildman–Crippen MR) is 174 cm³/mol. The maximum Gasteiger partial charge on any atom is 0.362 e. The van der Waals surface area contributed by atoms with E-state index in [-0.39, 0.29) is 35.2 Å². The Morgan fingerprint density at radius 1 is 0.641 bits per heavy atom. The van der Waals surface area contributed by atoms with Crippen molar-refractivity contribution in [3.8, 4) is 0 Å². The Balaban J connectivity index is 0.000000303. The molecule has 0 spiro atoms. The lowest BCUT2D eigenvalue weighted by molar-refractivity contribution is 0.230. The molecule has 0 bridgehead atoms. The first kappa shape index (κ1) is 37.5. The largest absolute Gasteiger partial charge is 0.362 e. The van der Waals surface area contributed by atoms with Crippen molar-refractivity contribution in [2.45, 2.75) is 20.8 Å². The molecule has 3 aromatic carbocycles. The molecular formula is C24H25Cl6IO6P2. The number of benzene rings is 3. The van der Waals surface area contributed by atoms with Crippen LogP contribution >= 0.6 is 107 Å². The molecule has 0 saturated carbocycles. The van der Waals surface area contributed by atoms with Crippen LogP contribution in [0.15, 0.2) is 54.6 Å². The normalized spacial score (nSPS) is 12.5. The van der Waals surface area contributed by atoms with Gasteiger partial charge in [-0.3, -0.25) is 9.13 Å². The fourth-order valence-corrected chi connectivity index (χ4v) is 7.54. The molecule has 15 heteroatoms. The molecule has 0 aliphatic heterocycles. The van der Waals surface area contributed by atoms with Gasteiger partial charge < -0.3 is 18.5 Å². The summed E-state index contributed by atoms with van der Waals surface area (Å²) in [5, 5.41) is 3.13. The van der Waals surface area contributed by atoms with Gasteiger partial charge in [-0.15, -0.1) is 0 Å². The van der Waals surface area contributed by atoms with Crippen molar-refractivity contribution >= 4 is 118 Å². The Morgan fingerprint density at radius 2 is 1.03 bits per heavy atom. The molecule has 3 aromatic rings. The van der Waals surface area contributed by atoms with Gasteiger partial charge in [-0.25, -0.2) is 0 Å². The van der Waals surface area contributed by atoms with Gasteiger partial charge in [0.2, 0.25) is 0 Å². The number of halogens is 7. The Kier molecular flexibility index (Phi) is 17.5. The zero-order valence-electron chi connectivity index (χ0n) is 20.8. The van der Waals surface area contributed by atoms with Crippen LogP contribution < -0.4 is 10.6 Å². The van der Waals surface area contributed by atoms with E-state index in [2.05, 4.69) is 22.6 Å². The molecule has 6 nitrogen and oxygen atoms in total. The van der Waals surface area contributed by atoms with Gasteiger partial charge in [0.25, 0.3) is 0 Å². The van der Waals surface area contributed by atoms with Gasteiger partial charge in [0.05, 0.1) is 45.5 Å². The Morgan fingerprint density at radius 3 is 1.38 bits per heavy atom. The Hall–Kier alpha value is 0.430. The first-order valence-corrected chi connectivity index (χ1v) is 17.6. The maximum atomic E-state index is 12.4. The van der Waals surface area contributed by atoms with E-state index in [1.54, 1.807) is 39.0 Å². The van der Waals surface area contributed by atoms with Crippen LogP contribution in [0.2, 0.25) is 30.1 Å². The summed E-state index contributed by atoms with van der Waals surface area (Å²) in [6, 6.07) is 14.4. The van der Waals surface area contributed by atoms with Crippen LogP contribution in [0.3, 0.4) is 0 Å². The predicted octanol–water partition coefficient (Wildman–Crippen LogP) is 10.3. The van der Waals surface area contributed by atoms with Crippen molar-refractivity contribution in [1.29, 1.82) is 0 Å². The van der Waals surface area contributed by atoms with Gasteiger partial charge in [-0.2, -0.15) is 0 Å². The minimum atomic E-state index is -3.79. The summed E-state index contributed by atoms with van der Waals surface area (Å²) in [4.78, 5) is 9.46. The fourth-order valence-electron chi connectivity index (χ4n) is 2.65. The smallest absolute Gasteiger partial charge is 0.321 e. The van der Waals surface area contributed by atoms with Gasteiger partial charge in [-0.1, -0.05) is 69.6 Å². The first-order valence-electron chi connectivity index (χ1n) is 11.1. The van der Waals surface area contributed by atoms with E-state index in [1.807, 2.05) is 12.1 Å². The van der Waals surface area contributed by atoms with Crippen molar-refractivity contribution in [2.75, 3.05) is 19.8 Å². The van der Waals surface area contributed by atoms with Crippen molar-refractivity contribution in [3.05, 3.63) is 88.3 Å². The summed E-state index contributed by atoms with van der Waals surface area (Å²) < 4.78 is 40.0. The van der Waals surface area contributed by atoms with E-state index in [0.717, 1.165) is 3.57 Å². The minimum Gasteiger partial charge on any atom is -0.321 e. The maximum absolute atomic E-state index is 12.4. The second-order valence-electron chi connectivity index (χ2n) is 7.02. The second kappa shape index (κ2) is 18.2. The summed E-state index contributed by atoms with van der Waals surface area (Å²) in [6.45, 7) is 5.84. The van der Waals surface area contributed by atoms with Crippen LogP contribution in [0, 0.1) is 3.57 Å². The number of hydrogen-bond acceptors (Lipinski definition) is 5. The summed E-state index contributed by atoms with van der Waals surface area (Å²) in [5.41, 5.74) is 0. The van der Waals surface area contributed by atoms with Crippen LogP contribution in [0.4, 0.5) is 0 Å². The molecule has 0 aliphatic rings. The van der Waals surface area contributed by atoms with Crippen LogP contribution in [-0.4, -0.2) is 24.7 Å². The van der Waals surface area contributed by atoms with Crippen LogP contribution in [0.5, 0.6) is 0 Å². The van der Waals surface area contributed by atoms with Crippen molar-refractivity contribution in [1.82, 2.24) is 0 Å². The highest BCUT2D eigenvalue weighted by Gasteiger charge is 2.29. The van der Waals surface area contributed by atoms with E-state index >= 15 is 0 Å². The summed E-state index contributed by atoms with van der Waals surface area (Å²) in [6.07, 6.45) is 0. The molecule has 0 radical (unpaired) electrons. The molecular weight excluding hydrogens is 786 g/mol. The average molecular weight is 811 g/mol. The molecule has 3 rings (SSSR count). The quantitative estimate of drug-likeness (QED) is 0.139. The molecule has 39 heavy (non-hydrogen) atoms. The third-order valence-corrected chi connectivity index (χ3v) is 11.2. The monoisotopic (exact) mass is 808 g/mol. The Labute approximate surface area is 272 Å². The highest BCUT2D eigenvalue weighted by molar-refractivity contribution is 14.1. The van der Waals surface area contributed by atoms with Gasteiger partial charge in [0.15, 0.2) is 0 Å². The summed E-state index contributed by atoms with van der Waals surface area (Å²) in [5.74, 6) is 0. The van der Waals surface area contributed by atoms with Crippen molar-refractivity contribution in [3.63, 3.8) is 0 Å². The molecule has 0 amide bonds. The van der Waals surface area contributed by atoms with E-state index in [0.29, 0.717) is 25.4 Å². The van der Waals surface area contributed by atoms with Gasteiger partial charge in [0.1, 0.15) is 0 Å². The van der Waals surface area contributed by atoms with Crippen molar-refractivity contribution < 1.29 is 27.6 Å².